The van der Waals surface area contributed by atoms with E-state index in [0.717, 1.165) is 15.6 Å². The normalized spacial score (nSPS) is 11.5. The highest BCUT2D eigenvalue weighted by molar-refractivity contribution is 7.91. The number of nitrogens with zero attached hydrogens (tertiary/aromatic N) is 2. The van der Waals surface area contributed by atoms with Gasteiger partial charge in [0.15, 0.2) is 0 Å². The predicted octanol–water partition coefficient (Wildman–Crippen LogP) is 2.88. The second-order valence-electron chi connectivity index (χ2n) is 5.13. The number of anilines is 1. The third kappa shape index (κ3) is 4.54. The molecule has 0 aliphatic rings. The largest absolute Gasteiger partial charge is 0.325 e. The van der Waals surface area contributed by atoms with Crippen molar-refractivity contribution in [3.05, 3.63) is 50.3 Å². The van der Waals surface area contributed by atoms with Crippen LogP contribution in [-0.4, -0.2) is 37.1 Å². The van der Waals surface area contributed by atoms with Crippen molar-refractivity contribution in [2.24, 2.45) is 0 Å². The smallest absolute Gasteiger partial charge is 0.274 e. The third-order valence-electron chi connectivity index (χ3n) is 3.27. The summed E-state index contributed by atoms with van der Waals surface area (Å²) in [6, 6.07) is 7.05. The minimum absolute atomic E-state index is 0.0266. The molecule has 0 saturated heterocycles. The lowest BCUT2D eigenvalue weighted by Crippen LogP contribution is -2.34. The van der Waals surface area contributed by atoms with E-state index in [1.807, 2.05) is 0 Å². The van der Waals surface area contributed by atoms with Gasteiger partial charge in [-0.25, -0.2) is 8.42 Å². The van der Waals surface area contributed by atoms with Crippen LogP contribution in [0.25, 0.3) is 0 Å². The standard InChI is InChI=1S/C14H14ClN3O5S2/c1-9-3-4-10(7-11(9)18(20)21)16-13(19)8-17(2)25(22,23)14-6-5-12(15)24-14/h3-7H,8H2,1-2H3,(H,16,19). The number of hydrogen-bond acceptors (Lipinski definition) is 6. The van der Waals surface area contributed by atoms with Gasteiger partial charge in [-0.3, -0.25) is 14.9 Å². The molecular formula is C14H14ClN3O5S2. The Balaban J connectivity index is 2.10. The Morgan fingerprint density at radius 2 is 2.04 bits per heavy atom. The van der Waals surface area contributed by atoms with Gasteiger partial charge in [0.1, 0.15) is 4.21 Å². The number of likely N-dealkylation sites (N-methyl/N-ethyl adjacent to an activating group) is 1. The van der Waals surface area contributed by atoms with Crippen molar-refractivity contribution in [2.45, 2.75) is 11.1 Å². The van der Waals surface area contributed by atoms with Crippen molar-refractivity contribution in [2.75, 3.05) is 18.9 Å². The number of rotatable bonds is 6. The zero-order valence-electron chi connectivity index (χ0n) is 13.2. The van der Waals surface area contributed by atoms with E-state index in [9.17, 15) is 23.3 Å². The summed E-state index contributed by atoms with van der Waals surface area (Å²) in [7, 11) is -2.57. The molecule has 2 rings (SSSR count). The first-order valence-corrected chi connectivity index (χ1v) is 9.51. The molecule has 1 aromatic heterocycles. The van der Waals surface area contributed by atoms with Gasteiger partial charge in [0, 0.05) is 24.4 Å². The first kappa shape index (κ1) is 19.3. The number of thiophene rings is 1. The quantitative estimate of drug-likeness (QED) is 0.589. The van der Waals surface area contributed by atoms with Crippen molar-refractivity contribution in [1.82, 2.24) is 4.31 Å². The molecule has 0 saturated carbocycles. The Bertz CT molecular complexity index is 926. The Morgan fingerprint density at radius 3 is 2.60 bits per heavy atom. The summed E-state index contributed by atoms with van der Waals surface area (Å²) in [5, 5.41) is 13.4. The molecule has 1 aromatic carbocycles. The summed E-state index contributed by atoms with van der Waals surface area (Å²) in [4.78, 5) is 22.4. The van der Waals surface area contributed by atoms with E-state index >= 15 is 0 Å². The first-order valence-electron chi connectivity index (χ1n) is 6.88. The maximum Gasteiger partial charge on any atom is 0.274 e. The highest BCUT2D eigenvalue weighted by Gasteiger charge is 2.25. The molecule has 134 valence electrons. The molecule has 2 aromatic rings. The molecule has 1 N–H and O–H groups in total. The van der Waals surface area contributed by atoms with E-state index in [-0.39, 0.29) is 15.6 Å². The van der Waals surface area contributed by atoms with Crippen LogP contribution in [0.4, 0.5) is 11.4 Å². The number of halogens is 1. The summed E-state index contributed by atoms with van der Waals surface area (Å²) in [6.07, 6.45) is 0. The van der Waals surface area contributed by atoms with Crippen LogP contribution in [-0.2, 0) is 14.8 Å². The summed E-state index contributed by atoms with van der Waals surface area (Å²) < 4.78 is 25.9. The van der Waals surface area contributed by atoms with Crippen LogP contribution in [0.3, 0.4) is 0 Å². The predicted molar refractivity (Wildman–Crippen MR) is 95.6 cm³/mol. The number of carbonyl (C=O) groups is 1. The Hall–Kier alpha value is -2.01. The fraction of sp³-hybridized carbons (Fsp3) is 0.214. The average molecular weight is 404 g/mol. The summed E-state index contributed by atoms with van der Waals surface area (Å²) >= 11 is 6.63. The van der Waals surface area contributed by atoms with E-state index in [2.05, 4.69) is 5.32 Å². The number of hydrogen-bond donors (Lipinski definition) is 1. The van der Waals surface area contributed by atoms with Crippen molar-refractivity contribution in [3.63, 3.8) is 0 Å². The van der Waals surface area contributed by atoms with Crippen LogP contribution in [0.15, 0.2) is 34.5 Å². The number of aryl methyl sites for hydroxylation is 1. The van der Waals surface area contributed by atoms with Crippen molar-refractivity contribution in [3.8, 4) is 0 Å². The van der Waals surface area contributed by atoms with Gasteiger partial charge in [-0.2, -0.15) is 4.31 Å². The van der Waals surface area contributed by atoms with Crippen molar-refractivity contribution >= 4 is 50.2 Å². The highest BCUT2D eigenvalue weighted by atomic mass is 35.5. The maximum atomic E-state index is 12.3. The van der Waals surface area contributed by atoms with E-state index in [1.54, 1.807) is 6.92 Å². The fourth-order valence-electron chi connectivity index (χ4n) is 1.96. The fourth-order valence-corrected chi connectivity index (χ4v) is 4.78. The van der Waals surface area contributed by atoms with E-state index in [0.29, 0.717) is 9.90 Å². The lowest BCUT2D eigenvalue weighted by Gasteiger charge is -2.15. The average Bonchev–Trinajstić information content (AvgIpc) is 2.96. The van der Waals surface area contributed by atoms with Crippen LogP contribution in [0.1, 0.15) is 5.56 Å². The number of nitro groups is 1. The maximum absolute atomic E-state index is 12.3. The number of nitrogens with one attached hydrogen (secondary N) is 1. The molecule has 11 heteroatoms. The van der Waals surface area contributed by atoms with Crippen LogP contribution < -0.4 is 5.32 Å². The highest BCUT2D eigenvalue weighted by Crippen LogP contribution is 2.27. The zero-order chi connectivity index (χ0) is 18.8. The van der Waals surface area contributed by atoms with Gasteiger partial charge >= 0.3 is 0 Å². The molecule has 1 amide bonds. The molecule has 8 nitrogen and oxygen atoms in total. The summed E-state index contributed by atoms with van der Waals surface area (Å²) in [5.41, 5.74) is 0.538. The third-order valence-corrected chi connectivity index (χ3v) is 6.77. The van der Waals surface area contributed by atoms with Gasteiger partial charge < -0.3 is 5.32 Å². The molecular weight excluding hydrogens is 390 g/mol. The molecule has 0 unspecified atom stereocenters. The number of amides is 1. The first-order chi connectivity index (χ1) is 11.6. The van der Waals surface area contributed by atoms with Crippen molar-refractivity contribution < 1.29 is 18.1 Å². The van der Waals surface area contributed by atoms with Gasteiger partial charge in [0.2, 0.25) is 5.91 Å². The summed E-state index contributed by atoms with van der Waals surface area (Å²) in [6.45, 7) is 1.13. The Kier molecular flexibility index (Phi) is 5.78. The van der Waals surface area contributed by atoms with Gasteiger partial charge in [0.05, 0.1) is 15.8 Å². The molecule has 0 atom stereocenters. The lowest BCUT2D eigenvalue weighted by molar-refractivity contribution is -0.385. The molecule has 0 radical (unpaired) electrons. The lowest BCUT2D eigenvalue weighted by atomic mass is 10.2. The van der Waals surface area contributed by atoms with Crippen LogP contribution in [0.5, 0.6) is 0 Å². The van der Waals surface area contributed by atoms with Gasteiger partial charge in [-0.05, 0) is 25.1 Å². The molecule has 25 heavy (non-hydrogen) atoms. The summed E-state index contributed by atoms with van der Waals surface area (Å²) in [5.74, 6) is -0.619. The monoisotopic (exact) mass is 403 g/mol. The molecule has 0 spiro atoms. The van der Waals surface area contributed by atoms with Gasteiger partial charge in [-0.1, -0.05) is 17.7 Å². The molecule has 1 heterocycles. The van der Waals surface area contributed by atoms with Crippen LogP contribution in [0, 0.1) is 17.0 Å². The second kappa shape index (κ2) is 7.48. The molecule has 0 aliphatic heterocycles. The van der Waals surface area contributed by atoms with E-state index in [4.69, 9.17) is 11.6 Å². The topological polar surface area (TPSA) is 110 Å². The number of carbonyl (C=O) groups excluding carboxylic acids is 1. The van der Waals surface area contributed by atoms with Gasteiger partial charge in [-0.15, -0.1) is 11.3 Å². The van der Waals surface area contributed by atoms with E-state index in [1.165, 1.54) is 37.4 Å². The van der Waals surface area contributed by atoms with Gasteiger partial charge in [0.25, 0.3) is 15.7 Å². The zero-order valence-corrected chi connectivity index (χ0v) is 15.6. The minimum Gasteiger partial charge on any atom is -0.325 e. The minimum atomic E-state index is -3.84. The molecule has 0 fully saturated rings. The number of sulfonamides is 1. The molecule has 0 aliphatic carbocycles. The molecule has 0 bridgehead atoms. The van der Waals surface area contributed by atoms with Crippen LogP contribution in [0.2, 0.25) is 4.34 Å². The SMILES string of the molecule is Cc1ccc(NC(=O)CN(C)S(=O)(=O)c2ccc(Cl)s2)cc1[N+](=O)[O-]. The van der Waals surface area contributed by atoms with Crippen molar-refractivity contribution in [1.29, 1.82) is 0 Å². The number of benzene rings is 1. The Morgan fingerprint density at radius 1 is 1.36 bits per heavy atom. The van der Waals surface area contributed by atoms with Crippen LogP contribution >= 0.6 is 22.9 Å². The van der Waals surface area contributed by atoms with E-state index < -0.39 is 27.4 Å². The second-order valence-corrected chi connectivity index (χ2v) is 9.11. The Labute approximate surface area is 153 Å². The number of nitro benzene ring substituents is 1.